The molecule has 172 valence electrons. The van der Waals surface area contributed by atoms with Crippen LogP contribution in [0, 0.1) is 40.4 Å². The van der Waals surface area contributed by atoms with Crippen molar-refractivity contribution in [3.63, 3.8) is 0 Å². The van der Waals surface area contributed by atoms with Gasteiger partial charge in [-0.2, -0.15) is 0 Å². The van der Waals surface area contributed by atoms with Crippen LogP contribution in [0.4, 0.5) is 0 Å². The minimum Gasteiger partial charge on any atom is -0.481 e. The van der Waals surface area contributed by atoms with Crippen molar-refractivity contribution in [2.24, 2.45) is 46.2 Å². The predicted octanol–water partition coefficient (Wildman–Crippen LogP) is 5.02. The fourth-order valence-corrected chi connectivity index (χ4v) is 8.46. The minimum absolute atomic E-state index is 0.103. The molecular formula is C25H43NO4. The zero-order valence-corrected chi connectivity index (χ0v) is 19.7. The second-order valence-electron chi connectivity index (χ2n) is 11.3. The maximum Gasteiger partial charge on any atom is 0.302 e. The van der Waals surface area contributed by atoms with Gasteiger partial charge in [-0.3, -0.25) is 9.59 Å². The molecule has 0 amide bonds. The Hall–Kier alpha value is -1.10. The molecule has 0 aromatic rings. The van der Waals surface area contributed by atoms with Gasteiger partial charge in [0, 0.05) is 19.9 Å². The van der Waals surface area contributed by atoms with Crippen LogP contribution in [0.25, 0.3) is 0 Å². The molecule has 4 aliphatic carbocycles. The molecule has 30 heavy (non-hydrogen) atoms. The highest BCUT2D eigenvalue weighted by atomic mass is 16.5. The van der Waals surface area contributed by atoms with Gasteiger partial charge in [0.15, 0.2) is 0 Å². The van der Waals surface area contributed by atoms with Gasteiger partial charge in [-0.15, -0.1) is 0 Å². The first kappa shape index (κ1) is 23.6. The highest BCUT2D eigenvalue weighted by Gasteiger charge is 2.60. The van der Waals surface area contributed by atoms with Crippen LogP contribution in [-0.2, 0) is 14.3 Å². The first-order valence-corrected chi connectivity index (χ1v) is 12.1. The fraction of sp³-hybridized carbons (Fsp3) is 0.920. The molecule has 0 heterocycles. The van der Waals surface area contributed by atoms with Gasteiger partial charge >= 0.3 is 5.97 Å². The predicted molar refractivity (Wildman–Crippen MR) is 118 cm³/mol. The molecule has 0 radical (unpaired) electrons. The largest absolute Gasteiger partial charge is 0.481 e. The van der Waals surface area contributed by atoms with Crippen LogP contribution < -0.4 is 5.73 Å². The van der Waals surface area contributed by atoms with Gasteiger partial charge in [-0.1, -0.05) is 13.8 Å². The number of carboxylic acids is 1. The van der Waals surface area contributed by atoms with Gasteiger partial charge in [0.05, 0.1) is 0 Å². The average molecular weight is 422 g/mol. The smallest absolute Gasteiger partial charge is 0.302 e. The van der Waals surface area contributed by atoms with E-state index in [0.717, 1.165) is 49.4 Å². The normalized spacial score (nSPS) is 45.7. The van der Waals surface area contributed by atoms with Crippen molar-refractivity contribution in [3.8, 4) is 0 Å². The summed E-state index contributed by atoms with van der Waals surface area (Å²) in [6, 6.07) is 0.340. The summed E-state index contributed by atoms with van der Waals surface area (Å²) in [6.45, 7) is 10.0. The lowest BCUT2D eigenvalue weighted by Crippen LogP contribution is -2.55. The van der Waals surface area contributed by atoms with Crippen LogP contribution >= 0.6 is 0 Å². The Morgan fingerprint density at radius 1 is 0.967 bits per heavy atom. The molecule has 4 rings (SSSR count). The van der Waals surface area contributed by atoms with E-state index in [0.29, 0.717) is 16.9 Å². The number of aliphatic carboxylic acids is 1. The zero-order chi connectivity index (χ0) is 22.3. The number of carbonyl (C=O) groups excluding carboxylic acids is 1. The summed E-state index contributed by atoms with van der Waals surface area (Å²) in [5.41, 5.74) is 7.35. The maximum atomic E-state index is 11.4. The van der Waals surface area contributed by atoms with Gasteiger partial charge in [0.2, 0.25) is 0 Å². The maximum absolute atomic E-state index is 11.4. The second kappa shape index (κ2) is 8.80. The first-order valence-electron chi connectivity index (χ1n) is 12.1. The summed E-state index contributed by atoms with van der Waals surface area (Å²) in [5.74, 6) is 3.21. The van der Waals surface area contributed by atoms with Crippen LogP contribution in [0.15, 0.2) is 0 Å². The zero-order valence-electron chi connectivity index (χ0n) is 19.7. The van der Waals surface area contributed by atoms with E-state index in [1.54, 1.807) is 6.92 Å². The van der Waals surface area contributed by atoms with Crippen molar-refractivity contribution in [2.45, 2.75) is 105 Å². The van der Waals surface area contributed by atoms with E-state index in [2.05, 4.69) is 20.8 Å². The van der Waals surface area contributed by atoms with Crippen molar-refractivity contribution in [3.05, 3.63) is 0 Å². The molecule has 5 heteroatoms. The number of esters is 1. The average Bonchev–Trinajstić information content (AvgIpc) is 2.98. The molecule has 4 fully saturated rings. The lowest BCUT2D eigenvalue weighted by atomic mass is 9.44. The van der Waals surface area contributed by atoms with E-state index in [-0.39, 0.29) is 12.1 Å². The number of carbonyl (C=O) groups is 2. The summed E-state index contributed by atoms with van der Waals surface area (Å²) in [7, 11) is 0. The summed E-state index contributed by atoms with van der Waals surface area (Å²) >= 11 is 0. The first-order chi connectivity index (χ1) is 14.0. The fourth-order valence-electron chi connectivity index (χ4n) is 8.46. The van der Waals surface area contributed by atoms with E-state index in [9.17, 15) is 4.79 Å². The molecule has 8 unspecified atom stereocenters. The van der Waals surface area contributed by atoms with Crippen molar-refractivity contribution in [1.29, 1.82) is 0 Å². The minimum atomic E-state index is -0.833. The molecule has 4 aliphatic rings. The topological polar surface area (TPSA) is 89.6 Å². The molecule has 5 nitrogen and oxygen atoms in total. The molecule has 0 aliphatic heterocycles. The van der Waals surface area contributed by atoms with Gasteiger partial charge < -0.3 is 15.6 Å². The molecule has 0 bridgehead atoms. The van der Waals surface area contributed by atoms with Crippen molar-refractivity contribution in [1.82, 2.24) is 0 Å². The molecule has 0 aromatic heterocycles. The van der Waals surface area contributed by atoms with Gasteiger partial charge in [-0.25, -0.2) is 0 Å². The SMILES string of the molecule is CC(=O)O.CC(=O)OC1CCC2(C)C3CCC4(C)C(C(C)N)CCC4C3CC[C@H]2C1. The number of ether oxygens (including phenoxy) is 1. The lowest BCUT2D eigenvalue weighted by molar-refractivity contribution is -0.160. The molecular weight excluding hydrogens is 378 g/mol. The number of nitrogens with two attached hydrogens (primary N) is 1. The number of carboxylic acid groups (broad SMARTS) is 1. The van der Waals surface area contributed by atoms with E-state index < -0.39 is 5.97 Å². The summed E-state index contributed by atoms with van der Waals surface area (Å²) in [4.78, 5) is 20.4. The highest BCUT2D eigenvalue weighted by molar-refractivity contribution is 5.66. The van der Waals surface area contributed by atoms with Crippen molar-refractivity contribution in [2.75, 3.05) is 0 Å². The monoisotopic (exact) mass is 421 g/mol. The Morgan fingerprint density at radius 2 is 1.57 bits per heavy atom. The summed E-state index contributed by atoms with van der Waals surface area (Å²) < 4.78 is 5.59. The van der Waals surface area contributed by atoms with E-state index in [1.807, 2.05) is 0 Å². The Labute approximate surface area is 182 Å². The Balaban J connectivity index is 0.000000589. The van der Waals surface area contributed by atoms with Crippen molar-refractivity contribution >= 4 is 11.9 Å². The third-order valence-electron chi connectivity index (χ3n) is 9.66. The second-order valence-corrected chi connectivity index (χ2v) is 11.3. The van der Waals surface area contributed by atoms with Gasteiger partial charge in [0.25, 0.3) is 5.97 Å². The van der Waals surface area contributed by atoms with Gasteiger partial charge in [0.1, 0.15) is 6.10 Å². The third-order valence-corrected chi connectivity index (χ3v) is 9.66. The van der Waals surface area contributed by atoms with Crippen molar-refractivity contribution < 1.29 is 19.4 Å². The Bertz CT molecular complexity index is 645. The number of hydrogen-bond acceptors (Lipinski definition) is 4. The van der Waals surface area contributed by atoms with Crippen LogP contribution in [0.5, 0.6) is 0 Å². The van der Waals surface area contributed by atoms with Crippen LogP contribution in [0.1, 0.15) is 92.4 Å². The molecule has 0 aromatic carbocycles. The van der Waals surface area contributed by atoms with E-state index in [4.69, 9.17) is 20.4 Å². The van der Waals surface area contributed by atoms with E-state index >= 15 is 0 Å². The Morgan fingerprint density at radius 3 is 2.17 bits per heavy atom. The molecule has 3 N–H and O–H groups in total. The van der Waals surface area contributed by atoms with Crippen LogP contribution in [0.3, 0.4) is 0 Å². The number of rotatable bonds is 2. The van der Waals surface area contributed by atoms with Crippen LogP contribution in [-0.4, -0.2) is 29.2 Å². The molecule has 0 spiro atoms. The van der Waals surface area contributed by atoms with Gasteiger partial charge in [-0.05, 0) is 105 Å². The summed E-state index contributed by atoms with van der Waals surface area (Å²) in [6.07, 6.45) is 11.8. The molecule has 9 atom stereocenters. The highest BCUT2D eigenvalue weighted by Crippen LogP contribution is 2.67. The lowest BCUT2D eigenvalue weighted by Gasteiger charge is -2.61. The molecule has 0 saturated heterocycles. The summed E-state index contributed by atoms with van der Waals surface area (Å²) in [5, 5.41) is 7.42. The Kier molecular flexibility index (Phi) is 6.91. The molecule has 4 saturated carbocycles. The van der Waals surface area contributed by atoms with E-state index in [1.165, 1.54) is 44.9 Å². The van der Waals surface area contributed by atoms with Crippen LogP contribution in [0.2, 0.25) is 0 Å². The number of hydrogen-bond donors (Lipinski definition) is 2. The third kappa shape index (κ3) is 4.28. The number of fused-ring (bicyclic) bond motifs is 5. The quantitative estimate of drug-likeness (QED) is 0.611. The standard InChI is InChI=1S/C23H39NO2.C2H4O2/c1-14(24)19-7-8-20-18-6-5-16-13-17(26-15(2)25)9-11-22(16,3)21(18)10-12-23(19,20)4;1-2(3)4/h14,16-21H,5-13,24H2,1-4H3;1H3,(H,3,4)/t14?,16-,17?,18?,19?,20?,21?,22?,23?;/m0./s1.